The number of hydrogen-bond donors (Lipinski definition) is 1. The molecule has 2 aromatic rings. The zero-order valence-corrected chi connectivity index (χ0v) is 14.4. The van der Waals surface area contributed by atoms with Gasteiger partial charge < -0.3 is 5.32 Å². The van der Waals surface area contributed by atoms with Gasteiger partial charge in [-0.25, -0.2) is 13.8 Å². The highest BCUT2D eigenvalue weighted by Gasteiger charge is 2.49. The molecule has 24 heavy (non-hydrogen) atoms. The van der Waals surface area contributed by atoms with Gasteiger partial charge in [0, 0.05) is 12.1 Å². The molecule has 2 saturated carbocycles. The standard InChI is InChI=1S/C18H20F2N2OS/c1-17-4-2-6-18(10-17,7-3-5-17)15(23)22-16-21-13-9-11(19)8-12(20)14(13)24-16/h8-9H,2-7,10H2,1H3,(H,21,22,23). The number of fused-ring (bicyclic) bond motifs is 3. The first-order valence-electron chi connectivity index (χ1n) is 8.46. The average molecular weight is 350 g/mol. The Kier molecular flexibility index (Phi) is 3.64. The van der Waals surface area contributed by atoms with E-state index in [9.17, 15) is 13.6 Å². The number of anilines is 1. The highest BCUT2D eigenvalue weighted by molar-refractivity contribution is 7.22. The number of carbonyl (C=O) groups excluding carboxylic acids is 1. The summed E-state index contributed by atoms with van der Waals surface area (Å²) in [4.78, 5) is 17.2. The minimum absolute atomic E-state index is 0.00642. The Morgan fingerprint density at radius 2 is 1.92 bits per heavy atom. The number of hydrogen-bond acceptors (Lipinski definition) is 3. The van der Waals surface area contributed by atoms with Crippen LogP contribution in [0.3, 0.4) is 0 Å². The maximum atomic E-state index is 13.8. The number of benzene rings is 1. The van der Waals surface area contributed by atoms with Crippen LogP contribution >= 0.6 is 11.3 Å². The van der Waals surface area contributed by atoms with Crippen LogP contribution < -0.4 is 5.32 Å². The smallest absolute Gasteiger partial charge is 0.232 e. The Morgan fingerprint density at radius 3 is 2.62 bits per heavy atom. The van der Waals surface area contributed by atoms with Gasteiger partial charge >= 0.3 is 0 Å². The highest BCUT2D eigenvalue weighted by atomic mass is 32.1. The number of nitrogens with zero attached hydrogens (tertiary/aromatic N) is 1. The van der Waals surface area contributed by atoms with Crippen molar-refractivity contribution in [3.8, 4) is 0 Å². The highest BCUT2D eigenvalue weighted by Crippen LogP contribution is 2.55. The zero-order valence-electron chi connectivity index (χ0n) is 13.6. The second-order valence-corrected chi connectivity index (χ2v) is 8.68. The summed E-state index contributed by atoms with van der Waals surface area (Å²) in [5.74, 6) is -1.30. The van der Waals surface area contributed by atoms with Gasteiger partial charge in [-0.3, -0.25) is 4.79 Å². The summed E-state index contributed by atoms with van der Waals surface area (Å²) in [6, 6.07) is 2.04. The molecular weight excluding hydrogens is 330 g/mol. The third kappa shape index (κ3) is 2.61. The second kappa shape index (κ2) is 5.48. The van der Waals surface area contributed by atoms with Crippen molar-refractivity contribution in [2.45, 2.75) is 51.9 Å². The van der Waals surface area contributed by atoms with Crippen molar-refractivity contribution in [1.82, 2.24) is 4.98 Å². The summed E-state index contributed by atoms with van der Waals surface area (Å²) < 4.78 is 27.4. The quantitative estimate of drug-likeness (QED) is 0.802. The van der Waals surface area contributed by atoms with Gasteiger partial charge in [0.25, 0.3) is 0 Å². The van der Waals surface area contributed by atoms with E-state index < -0.39 is 11.6 Å². The molecule has 0 spiro atoms. The molecule has 2 aliphatic rings. The fraction of sp³-hybridized carbons (Fsp3) is 0.556. The Hall–Kier alpha value is -1.56. The van der Waals surface area contributed by atoms with Crippen LogP contribution in [0.5, 0.6) is 0 Å². The van der Waals surface area contributed by atoms with Gasteiger partial charge in [-0.05, 0) is 37.5 Å². The number of nitrogens with one attached hydrogen (secondary N) is 1. The molecular formula is C18H20F2N2OS. The van der Waals surface area contributed by atoms with Crippen molar-refractivity contribution in [1.29, 1.82) is 0 Å². The molecule has 1 amide bonds. The first-order valence-corrected chi connectivity index (χ1v) is 9.28. The van der Waals surface area contributed by atoms with Crippen LogP contribution in [0.2, 0.25) is 0 Å². The van der Waals surface area contributed by atoms with Crippen molar-refractivity contribution >= 4 is 32.6 Å². The van der Waals surface area contributed by atoms with Gasteiger partial charge in [-0.1, -0.05) is 31.1 Å². The molecule has 4 rings (SSSR count). The molecule has 6 heteroatoms. The van der Waals surface area contributed by atoms with Gasteiger partial charge in [0.1, 0.15) is 11.6 Å². The molecule has 2 aliphatic carbocycles. The van der Waals surface area contributed by atoms with E-state index in [1.54, 1.807) is 0 Å². The van der Waals surface area contributed by atoms with Crippen molar-refractivity contribution in [2.24, 2.45) is 10.8 Å². The maximum Gasteiger partial charge on any atom is 0.232 e. The maximum absolute atomic E-state index is 13.8. The lowest BCUT2D eigenvalue weighted by Gasteiger charge is -2.49. The van der Waals surface area contributed by atoms with Crippen LogP contribution in [-0.4, -0.2) is 10.9 Å². The fourth-order valence-electron chi connectivity index (χ4n) is 4.68. The Labute approximate surface area is 143 Å². The monoisotopic (exact) mass is 350 g/mol. The average Bonchev–Trinajstić information content (AvgIpc) is 2.89. The van der Waals surface area contributed by atoms with Crippen LogP contribution in [-0.2, 0) is 4.79 Å². The lowest BCUT2D eigenvalue weighted by Crippen LogP contribution is -2.46. The summed E-state index contributed by atoms with van der Waals surface area (Å²) in [6.45, 7) is 2.28. The number of carbonyl (C=O) groups is 1. The minimum atomic E-state index is -0.655. The molecule has 0 radical (unpaired) electrons. The SMILES string of the molecule is CC12CCCC(C(=O)Nc3nc4cc(F)cc(F)c4s3)(CCC1)C2. The van der Waals surface area contributed by atoms with E-state index in [0.29, 0.717) is 5.13 Å². The summed E-state index contributed by atoms with van der Waals surface area (Å²) in [6.07, 6.45) is 7.25. The predicted molar refractivity (Wildman–Crippen MR) is 91.0 cm³/mol. The van der Waals surface area contributed by atoms with Crippen LogP contribution in [0.15, 0.2) is 12.1 Å². The molecule has 0 unspecified atom stereocenters. The Morgan fingerprint density at radius 1 is 1.21 bits per heavy atom. The third-order valence-electron chi connectivity index (χ3n) is 5.75. The molecule has 2 bridgehead atoms. The van der Waals surface area contributed by atoms with Gasteiger partial charge in [-0.15, -0.1) is 0 Å². The summed E-state index contributed by atoms with van der Waals surface area (Å²) in [5.41, 5.74) is 0.186. The zero-order chi connectivity index (χ0) is 16.9. The van der Waals surface area contributed by atoms with Crippen molar-refractivity contribution in [3.05, 3.63) is 23.8 Å². The molecule has 1 N–H and O–H groups in total. The van der Waals surface area contributed by atoms with E-state index in [0.717, 1.165) is 49.5 Å². The van der Waals surface area contributed by atoms with Gasteiger partial charge in [0.15, 0.2) is 5.13 Å². The van der Waals surface area contributed by atoms with Crippen molar-refractivity contribution in [3.63, 3.8) is 0 Å². The lowest BCUT2D eigenvalue weighted by atomic mass is 9.55. The Balaban J connectivity index is 1.61. The molecule has 3 nitrogen and oxygen atoms in total. The number of aromatic nitrogens is 1. The van der Waals surface area contributed by atoms with Gasteiger partial charge in [0.05, 0.1) is 15.6 Å². The van der Waals surface area contributed by atoms with Gasteiger partial charge in [0.2, 0.25) is 5.91 Å². The number of thiazole rings is 1. The van der Waals surface area contributed by atoms with Crippen molar-refractivity contribution < 1.29 is 13.6 Å². The second-order valence-electron chi connectivity index (χ2n) is 7.68. The minimum Gasteiger partial charge on any atom is -0.301 e. The molecule has 0 saturated heterocycles. The molecule has 128 valence electrons. The summed E-state index contributed by atoms with van der Waals surface area (Å²) >= 11 is 1.07. The van der Waals surface area contributed by atoms with E-state index in [1.165, 1.54) is 18.9 Å². The van der Waals surface area contributed by atoms with E-state index >= 15 is 0 Å². The third-order valence-corrected chi connectivity index (χ3v) is 6.74. The van der Waals surface area contributed by atoms with E-state index in [1.807, 2.05) is 0 Å². The van der Waals surface area contributed by atoms with Crippen LogP contribution in [0.25, 0.3) is 10.2 Å². The molecule has 1 aromatic heterocycles. The van der Waals surface area contributed by atoms with Crippen LogP contribution in [0, 0.1) is 22.5 Å². The largest absolute Gasteiger partial charge is 0.301 e. The van der Waals surface area contributed by atoms with Crippen molar-refractivity contribution in [2.75, 3.05) is 5.32 Å². The lowest BCUT2D eigenvalue weighted by molar-refractivity contribution is -0.133. The first kappa shape index (κ1) is 15.9. The normalized spacial score (nSPS) is 29.6. The van der Waals surface area contributed by atoms with E-state index in [-0.39, 0.29) is 27.0 Å². The fourth-order valence-corrected chi connectivity index (χ4v) is 5.52. The molecule has 0 atom stereocenters. The summed E-state index contributed by atoms with van der Waals surface area (Å²) in [5, 5.41) is 3.24. The predicted octanol–water partition coefficient (Wildman–Crippen LogP) is 5.26. The number of rotatable bonds is 2. The Bertz CT molecular complexity index is 807. The summed E-state index contributed by atoms with van der Waals surface area (Å²) in [7, 11) is 0. The van der Waals surface area contributed by atoms with Crippen LogP contribution in [0.1, 0.15) is 51.9 Å². The van der Waals surface area contributed by atoms with E-state index in [2.05, 4.69) is 17.2 Å². The molecule has 1 heterocycles. The van der Waals surface area contributed by atoms with E-state index in [4.69, 9.17) is 0 Å². The first-order chi connectivity index (χ1) is 11.4. The topological polar surface area (TPSA) is 42.0 Å². The number of amides is 1. The number of halogens is 2. The molecule has 1 aromatic carbocycles. The van der Waals surface area contributed by atoms with Crippen LogP contribution in [0.4, 0.5) is 13.9 Å². The molecule has 2 fully saturated rings. The molecule has 0 aliphatic heterocycles. The van der Waals surface area contributed by atoms with Gasteiger partial charge in [-0.2, -0.15) is 0 Å².